The van der Waals surface area contributed by atoms with E-state index in [1.165, 1.54) is 0 Å². The number of carbonyl (C=O) groups excluding carboxylic acids is 1. The van der Waals surface area contributed by atoms with Gasteiger partial charge >= 0.3 is 0 Å². The van der Waals surface area contributed by atoms with Crippen LogP contribution in [0.3, 0.4) is 0 Å². The van der Waals surface area contributed by atoms with Crippen molar-refractivity contribution < 1.29 is 9.53 Å². The summed E-state index contributed by atoms with van der Waals surface area (Å²) >= 11 is 4.89. The van der Waals surface area contributed by atoms with E-state index in [-0.39, 0.29) is 10.9 Å². The van der Waals surface area contributed by atoms with E-state index in [9.17, 15) is 4.79 Å². The molecule has 2 rings (SSSR count). The third-order valence-corrected chi connectivity index (χ3v) is 3.04. The summed E-state index contributed by atoms with van der Waals surface area (Å²) in [5, 5.41) is 2.79. The number of hydrogen-bond acceptors (Lipinski definition) is 3. The van der Waals surface area contributed by atoms with Gasteiger partial charge in [-0.25, -0.2) is 0 Å². The second-order valence-electron chi connectivity index (χ2n) is 4.36. The van der Waals surface area contributed by atoms with Crippen LogP contribution < -0.4 is 15.8 Å². The van der Waals surface area contributed by atoms with Crippen LogP contribution in [0.1, 0.15) is 15.9 Å². The minimum absolute atomic E-state index is 0.176. The van der Waals surface area contributed by atoms with Crippen molar-refractivity contribution in [2.75, 3.05) is 13.2 Å². The van der Waals surface area contributed by atoms with Crippen molar-refractivity contribution in [3.05, 3.63) is 65.7 Å². The van der Waals surface area contributed by atoms with Gasteiger partial charge in [-0.3, -0.25) is 4.79 Å². The van der Waals surface area contributed by atoms with E-state index in [0.29, 0.717) is 24.3 Å². The average molecular weight is 300 g/mol. The first-order valence-corrected chi connectivity index (χ1v) is 6.93. The topological polar surface area (TPSA) is 64.4 Å². The first-order chi connectivity index (χ1) is 10.2. The lowest BCUT2D eigenvalue weighted by Crippen LogP contribution is -2.28. The van der Waals surface area contributed by atoms with Crippen LogP contribution in [-0.4, -0.2) is 24.0 Å². The Bertz CT molecular complexity index is 629. The highest BCUT2D eigenvalue weighted by Crippen LogP contribution is 2.08. The van der Waals surface area contributed by atoms with Crippen LogP contribution in [0.25, 0.3) is 0 Å². The summed E-state index contributed by atoms with van der Waals surface area (Å²) < 4.78 is 5.50. The summed E-state index contributed by atoms with van der Waals surface area (Å²) in [5.74, 6) is 0.604. The monoisotopic (exact) mass is 300 g/mol. The minimum Gasteiger partial charge on any atom is -0.492 e. The number of nitrogens with two attached hydrogens (primary N) is 1. The van der Waals surface area contributed by atoms with Gasteiger partial charge in [-0.15, -0.1) is 0 Å². The molecule has 0 bridgehead atoms. The summed E-state index contributed by atoms with van der Waals surface area (Å²) in [6.07, 6.45) is 0. The lowest BCUT2D eigenvalue weighted by atomic mass is 10.1. The normalized spacial score (nSPS) is 9.90. The second kappa shape index (κ2) is 7.40. The van der Waals surface area contributed by atoms with Crippen LogP contribution in [0.5, 0.6) is 5.75 Å². The number of hydrogen-bond donors (Lipinski definition) is 2. The Hall–Kier alpha value is -2.40. The molecule has 1 amide bonds. The fourth-order valence-corrected chi connectivity index (χ4v) is 1.89. The molecular formula is C16H16N2O2S. The molecule has 4 nitrogen and oxygen atoms in total. The maximum Gasteiger partial charge on any atom is 0.251 e. The lowest BCUT2D eigenvalue weighted by Gasteiger charge is -2.08. The van der Waals surface area contributed by atoms with Gasteiger partial charge in [-0.05, 0) is 24.3 Å². The summed E-state index contributed by atoms with van der Waals surface area (Å²) in [7, 11) is 0. The molecule has 2 aromatic rings. The number of ether oxygens (including phenoxy) is 1. The van der Waals surface area contributed by atoms with Gasteiger partial charge in [0.2, 0.25) is 0 Å². The molecule has 0 aromatic heterocycles. The second-order valence-corrected chi connectivity index (χ2v) is 4.80. The molecule has 0 fully saturated rings. The number of carbonyl (C=O) groups is 1. The smallest absolute Gasteiger partial charge is 0.251 e. The van der Waals surface area contributed by atoms with E-state index in [1.807, 2.05) is 30.3 Å². The summed E-state index contributed by atoms with van der Waals surface area (Å²) in [6.45, 7) is 0.829. The molecule has 0 aliphatic carbocycles. The molecule has 0 aliphatic rings. The molecule has 2 aromatic carbocycles. The SMILES string of the molecule is NC(=S)c1cccc(C(=O)NCCOc2ccccc2)c1. The Morgan fingerprint density at radius 1 is 1.10 bits per heavy atom. The first kappa shape index (κ1) is 15.0. The van der Waals surface area contributed by atoms with E-state index in [0.717, 1.165) is 5.75 Å². The van der Waals surface area contributed by atoms with Gasteiger partial charge in [0, 0.05) is 11.1 Å². The summed E-state index contributed by atoms with van der Waals surface area (Å²) in [6, 6.07) is 16.4. The number of para-hydroxylation sites is 1. The highest BCUT2D eigenvalue weighted by molar-refractivity contribution is 7.80. The Balaban J connectivity index is 1.82. The highest BCUT2D eigenvalue weighted by atomic mass is 32.1. The van der Waals surface area contributed by atoms with Gasteiger partial charge in [0.15, 0.2) is 0 Å². The van der Waals surface area contributed by atoms with Gasteiger partial charge in [0.05, 0.1) is 6.54 Å². The number of thiocarbonyl (C=S) groups is 1. The molecule has 0 radical (unpaired) electrons. The maximum atomic E-state index is 12.0. The Morgan fingerprint density at radius 3 is 2.52 bits per heavy atom. The molecule has 0 heterocycles. The van der Waals surface area contributed by atoms with Crippen molar-refractivity contribution in [3.63, 3.8) is 0 Å². The standard InChI is InChI=1S/C16H16N2O2S/c17-15(21)12-5-4-6-13(11-12)16(19)18-9-10-20-14-7-2-1-3-8-14/h1-8,11H,9-10H2,(H2,17,21)(H,18,19). The number of rotatable bonds is 6. The van der Waals surface area contributed by atoms with Crippen molar-refractivity contribution in [2.45, 2.75) is 0 Å². The van der Waals surface area contributed by atoms with E-state index in [4.69, 9.17) is 22.7 Å². The fourth-order valence-electron chi connectivity index (χ4n) is 1.77. The molecule has 0 spiro atoms. The summed E-state index contributed by atoms with van der Waals surface area (Å²) in [4.78, 5) is 12.3. The van der Waals surface area contributed by atoms with Crippen molar-refractivity contribution in [1.82, 2.24) is 5.32 Å². The number of benzene rings is 2. The van der Waals surface area contributed by atoms with E-state index in [1.54, 1.807) is 24.3 Å². The molecule has 0 saturated carbocycles. The Morgan fingerprint density at radius 2 is 1.81 bits per heavy atom. The maximum absolute atomic E-state index is 12.0. The van der Waals surface area contributed by atoms with Gasteiger partial charge in [0.25, 0.3) is 5.91 Å². The van der Waals surface area contributed by atoms with Crippen LogP contribution in [0.4, 0.5) is 0 Å². The highest BCUT2D eigenvalue weighted by Gasteiger charge is 2.06. The van der Waals surface area contributed by atoms with Crippen molar-refractivity contribution in [3.8, 4) is 5.75 Å². The van der Waals surface area contributed by atoms with Gasteiger partial charge in [-0.1, -0.05) is 42.5 Å². The molecule has 0 atom stereocenters. The molecule has 0 saturated heterocycles. The van der Waals surface area contributed by atoms with Crippen molar-refractivity contribution in [2.24, 2.45) is 5.73 Å². The number of amides is 1. The van der Waals surface area contributed by atoms with Crippen molar-refractivity contribution in [1.29, 1.82) is 0 Å². The Labute approximate surface area is 128 Å². The average Bonchev–Trinajstić information content (AvgIpc) is 2.52. The van der Waals surface area contributed by atoms with Crippen LogP contribution in [-0.2, 0) is 0 Å². The van der Waals surface area contributed by atoms with Gasteiger partial charge < -0.3 is 15.8 Å². The van der Waals surface area contributed by atoms with E-state index in [2.05, 4.69) is 5.32 Å². The van der Waals surface area contributed by atoms with Gasteiger partial charge in [-0.2, -0.15) is 0 Å². The quantitative estimate of drug-likeness (QED) is 0.633. The summed E-state index contributed by atoms with van der Waals surface area (Å²) in [5.41, 5.74) is 6.76. The third-order valence-electron chi connectivity index (χ3n) is 2.81. The molecule has 0 unspecified atom stereocenters. The van der Waals surface area contributed by atoms with Crippen LogP contribution in [0.15, 0.2) is 54.6 Å². The molecule has 21 heavy (non-hydrogen) atoms. The predicted molar refractivity (Wildman–Crippen MR) is 86.6 cm³/mol. The lowest BCUT2D eigenvalue weighted by molar-refractivity contribution is 0.0947. The molecule has 108 valence electrons. The predicted octanol–water partition coefficient (Wildman–Crippen LogP) is 2.13. The van der Waals surface area contributed by atoms with Gasteiger partial charge in [0.1, 0.15) is 17.3 Å². The zero-order chi connectivity index (χ0) is 15.1. The largest absolute Gasteiger partial charge is 0.492 e. The Kier molecular flexibility index (Phi) is 5.29. The third kappa shape index (κ3) is 4.57. The molecular weight excluding hydrogens is 284 g/mol. The number of nitrogens with one attached hydrogen (secondary N) is 1. The van der Waals surface area contributed by atoms with E-state index < -0.39 is 0 Å². The van der Waals surface area contributed by atoms with Crippen LogP contribution in [0, 0.1) is 0 Å². The minimum atomic E-state index is -0.176. The zero-order valence-corrected chi connectivity index (χ0v) is 12.2. The fraction of sp³-hybridized carbons (Fsp3) is 0.125. The molecule has 0 aliphatic heterocycles. The molecule has 5 heteroatoms. The van der Waals surface area contributed by atoms with Crippen LogP contribution in [0.2, 0.25) is 0 Å². The van der Waals surface area contributed by atoms with Crippen LogP contribution >= 0.6 is 12.2 Å². The zero-order valence-electron chi connectivity index (χ0n) is 11.4. The molecule has 3 N–H and O–H groups in total. The van der Waals surface area contributed by atoms with E-state index >= 15 is 0 Å². The first-order valence-electron chi connectivity index (χ1n) is 6.53. The van der Waals surface area contributed by atoms with Crippen molar-refractivity contribution >= 4 is 23.1 Å².